The fourth-order valence-corrected chi connectivity index (χ4v) is 4.36. The lowest BCUT2D eigenvalue weighted by molar-refractivity contribution is -0.384. The van der Waals surface area contributed by atoms with Gasteiger partial charge in [0.25, 0.3) is 11.2 Å². The number of rotatable bonds is 1. The first-order chi connectivity index (χ1) is 14.2. The minimum atomic E-state index is -1.78. The summed E-state index contributed by atoms with van der Waals surface area (Å²) in [5, 5.41) is 20.9. The molecule has 0 saturated heterocycles. The Morgan fingerprint density at radius 2 is 1.87 bits per heavy atom. The van der Waals surface area contributed by atoms with Gasteiger partial charge in [-0.25, -0.2) is 4.79 Å². The fourth-order valence-electron chi connectivity index (χ4n) is 4.36. The maximum absolute atomic E-state index is 13.5. The van der Waals surface area contributed by atoms with Crippen molar-refractivity contribution < 1.29 is 14.2 Å². The molecule has 12 nitrogen and oxygen atoms in total. The van der Waals surface area contributed by atoms with Crippen LogP contribution in [0.4, 0.5) is 23.1 Å². The summed E-state index contributed by atoms with van der Waals surface area (Å²) in [4.78, 5) is 50.2. The van der Waals surface area contributed by atoms with Gasteiger partial charge in [0.1, 0.15) is 11.2 Å². The maximum Gasteiger partial charge on any atom is 0.332 e. The number of nitrogens with one attached hydrogen (secondary N) is 2. The molecule has 3 aromatic rings. The zero-order valence-corrected chi connectivity index (χ0v) is 16.0. The highest BCUT2D eigenvalue weighted by Crippen LogP contribution is 2.54. The van der Waals surface area contributed by atoms with E-state index in [2.05, 4.69) is 15.8 Å². The molecular weight excluding hydrogens is 396 g/mol. The summed E-state index contributed by atoms with van der Waals surface area (Å²) < 4.78 is 7.41. The normalized spacial score (nSPS) is 18.4. The number of aryl methyl sites for hydroxylation is 1. The molecule has 1 amide bonds. The number of aromatic nitrogens is 3. The summed E-state index contributed by atoms with van der Waals surface area (Å²) >= 11 is 0. The molecule has 1 spiro atoms. The topological polar surface area (TPSA) is 154 Å². The molecule has 0 fully saturated rings. The van der Waals surface area contributed by atoms with Crippen molar-refractivity contribution in [3.63, 3.8) is 0 Å². The van der Waals surface area contributed by atoms with E-state index in [1.54, 1.807) is 6.92 Å². The van der Waals surface area contributed by atoms with E-state index < -0.39 is 27.5 Å². The van der Waals surface area contributed by atoms with Gasteiger partial charge >= 0.3 is 5.69 Å². The molecule has 2 N–H and O–H groups in total. The zero-order valence-electron chi connectivity index (χ0n) is 16.0. The molecule has 4 heterocycles. The van der Waals surface area contributed by atoms with Crippen LogP contribution in [-0.2, 0) is 24.3 Å². The van der Waals surface area contributed by atoms with Crippen LogP contribution in [0.25, 0.3) is 0 Å². The van der Waals surface area contributed by atoms with E-state index in [4.69, 9.17) is 4.52 Å². The lowest BCUT2D eigenvalue weighted by Crippen LogP contribution is -2.50. The number of non-ortho nitro benzene ring substituents is 1. The van der Waals surface area contributed by atoms with Gasteiger partial charge in [-0.1, -0.05) is 5.16 Å². The summed E-state index contributed by atoms with van der Waals surface area (Å²) in [6.45, 7) is 1.60. The lowest BCUT2D eigenvalue weighted by atomic mass is 9.68. The maximum atomic E-state index is 13.5. The van der Waals surface area contributed by atoms with E-state index in [1.165, 1.54) is 36.9 Å². The van der Waals surface area contributed by atoms with Gasteiger partial charge in [0, 0.05) is 37.5 Å². The number of benzene rings is 1. The Labute approximate surface area is 166 Å². The van der Waals surface area contributed by atoms with E-state index in [0.29, 0.717) is 11.4 Å². The summed E-state index contributed by atoms with van der Waals surface area (Å²) in [5.41, 5.74) is -2.25. The zero-order chi connectivity index (χ0) is 21.5. The molecule has 1 atom stereocenters. The SMILES string of the molecule is Cc1noc2c1C1(C(=O)Nc3ccc([N+](=O)[O-])cc31)c1c(n(C)c(=O)n(C)c1=O)N2. The molecule has 1 unspecified atom stereocenters. The standard InChI is InChI=1S/C18H14N6O6/c1-7-11-14(30-21-7)20-13-12(15(25)23(3)17(27)22(13)2)18(11)9-6-8(24(28)29)4-5-10(9)19-16(18)26/h4-6,20H,1-3H3,(H,19,26). The monoisotopic (exact) mass is 410 g/mol. The van der Waals surface area contributed by atoms with E-state index in [-0.39, 0.29) is 34.1 Å². The van der Waals surface area contributed by atoms with Crippen LogP contribution >= 0.6 is 0 Å². The van der Waals surface area contributed by atoms with Gasteiger partial charge in [-0.2, -0.15) is 0 Å². The number of hydrogen-bond donors (Lipinski definition) is 2. The highest BCUT2D eigenvalue weighted by Gasteiger charge is 2.59. The molecule has 1 aromatic carbocycles. The number of carbonyl (C=O) groups is 1. The molecule has 5 rings (SSSR count). The fraction of sp³-hybridized carbons (Fsp3) is 0.222. The molecule has 0 saturated carbocycles. The molecule has 0 radical (unpaired) electrons. The second kappa shape index (κ2) is 5.43. The quantitative estimate of drug-likeness (QED) is 0.437. The van der Waals surface area contributed by atoms with Gasteiger partial charge in [0.15, 0.2) is 0 Å². The third kappa shape index (κ3) is 1.85. The minimum Gasteiger partial charge on any atom is -0.338 e. The number of fused-ring (bicyclic) bond motifs is 6. The van der Waals surface area contributed by atoms with Crippen molar-refractivity contribution in [2.24, 2.45) is 14.1 Å². The van der Waals surface area contributed by atoms with Gasteiger partial charge in [-0.15, -0.1) is 0 Å². The van der Waals surface area contributed by atoms with Gasteiger partial charge in [0.2, 0.25) is 11.8 Å². The highest BCUT2D eigenvalue weighted by molar-refractivity contribution is 6.14. The summed E-state index contributed by atoms with van der Waals surface area (Å²) in [5.74, 6) is -0.455. The first kappa shape index (κ1) is 17.8. The third-order valence-corrected chi connectivity index (χ3v) is 5.72. The molecule has 2 aliphatic rings. The first-order valence-electron chi connectivity index (χ1n) is 8.84. The second-order valence-corrected chi connectivity index (χ2v) is 7.22. The predicted molar refractivity (Wildman–Crippen MR) is 103 cm³/mol. The number of hydrogen-bond acceptors (Lipinski definition) is 8. The minimum absolute atomic E-state index is 0.0392. The van der Waals surface area contributed by atoms with Crippen LogP contribution in [0.1, 0.15) is 22.4 Å². The number of nitro benzene ring substituents is 1. The Hall–Kier alpha value is -4.22. The Morgan fingerprint density at radius 3 is 2.57 bits per heavy atom. The molecule has 12 heteroatoms. The molecule has 30 heavy (non-hydrogen) atoms. The molecular formula is C18H14N6O6. The Bertz CT molecular complexity index is 1430. The number of anilines is 3. The lowest BCUT2D eigenvalue weighted by Gasteiger charge is -2.34. The summed E-state index contributed by atoms with van der Waals surface area (Å²) in [6.07, 6.45) is 0. The van der Waals surface area contributed by atoms with Crippen LogP contribution in [0, 0.1) is 17.0 Å². The summed E-state index contributed by atoms with van der Waals surface area (Å²) in [7, 11) is 2.74. The second-order valence-electron chi connectivity index (χ2n) is 7.22. The predicted octanol–water partition coefficient (Wildman–Crippen LogP) is 0.632. The van der Waals surface area contributed by atoms with Crippen molar-refractivity contribution in [1.82, 2.24) is 14.3 Å². The van der Waals surface area contributed by atoms with Crippen LogP contribution in [-0.4, -0.2) is 25.1 Å². The van der Waals surface area contributed by atoms with E-state index in [9.17, 15) is 24.5 Å². The van der Waals surface area contributed by atoms with Crippen LogP contribution in [0.3, 0.4) is 0 Å². The highest BCUT2D eigenvalue weighted by atomic mass is 16.6. The van der Waals surface area contributed by atoms with Crippen molar-refractivity contribution in [2.75, 3.05) is 10.6 Å². The van der Waals surface area contributed by atoms with Gasteiger partial charge in [-0.3, -0.25) is 28.8 Å². The number of amides is 1. The molecule has 152 valence electrons. The van der Waals surface area contributed by atoms with Crippen LogP contribution in [0.15, 0.2) is 32.3 Å². The Kier molecular flexibility index (Phi) is 3.23. The van der Waals surface area contributed by atoms with E-state index in [0.717, 1.165) is 4.57 Å². The van der Waals surface area contributed by atoms with Crippen molar-refractivity contribution >= 4 is 29.0 Å². The van der Waals surface area contributed by atoms with Crippen molar-refractivity contribution in [2.45, 2.75) is 12.3 Å². The van der Waals surface area contributed by atoms with Crippen LogP contribution < -0.4 is 21.9 Å². The van der Waals surface area contributed by atoms with Crippen LogP contribution in [0.5, 0.6) is 0 Å². The third-order valence-electron chi connectivity index (χ3n) is 5.72. The molecule has 2 aliphatic heterocycles. The summed E-state index contributed by atoms with van der Waals surface area (Å²) in [6, 6.07) is 3.93. The van der Waals surface area contributed by atoms with Crippen LogP contribution in [0.2, 0.25) is 0 Å². The van der Waals surface area contributed by atoms with Gasteiger partial charge in [-0.05, 0) is 13.0 Å². The largest absolute Gasteiger partial charge is 0.338 e. The van der Waals surface area contributed by atoms with E-state index in [1.807, 2.05) is 0 Å². The van der Waals surface area contributed by atoms with Crippen molar-refractivity contribution in [3.8, 4) is 0 Å². The molecule has 0 aliphatic carbocycles. The average Bonchev–Trinajstić information content (AvgIpc) is 3.22. The average molecular weight is 410 g/mol. The molecule has 2 aromatic heterocycles. The van der Waals surface area contributed by atoms with Crippen molar-refractivity contribution in [1.29, 1.82) is 0 Å². The number of carbonyl (C=O) groups excluding carboxylic acids is 1. The Balaban J connectivity index is 2.04. The molecule has 0 bridgehead atoms. The van der Waals surface area contributed by atoms with Gasteiger partial charge < -0.3 is 15.2 Å². The van der Waals surface area contributed by atoms with E-state index >= 15 is 0 Å². The van der Waals surface area contributed by atoms with Crippen molar-refractivity contribution in [3.05, 3.63) is 71.5 Å². The smallest absolute Gasteiger partial charge is 0.332 e. The first-order valence-corrected chi connectivity index (χ1v) is 8.84. The van der Waals surface area contributed by atoms with Gasteiger partial charge in [0.05, 0.1) is 21.7 Å². The number of nitrogens with zero attached hydrogens (tertiary/aromatic N) is 4. The number of nitro groups is 1. The Morgan fingerprint density at radius 1 is 1.13 bits per heavy atom.